The lowest BCUT2D eigenvalue weighted by atomic mass is 10.3. The van der Waals surface area contributed by atoms with Crippen LogP contribution in [0.4, 0.5) is 5.69 Å². The van der Waals surface area contributed by atoms with Crippen molar-refractivity contribution in [2.24, 2.45) is 0 Å². The summed E-state index contributed by atoms with van der Waals surface area (Å²) in [6.45, 7) is -0.200. The number of carbonyl (C=O) groups excluding carboxylic acids is 2. The number of nitrogens with zero attached hydrogens (tertiary/aromatic N) is 1. The van der Waals surface area contributed by atoms with Crippen molar-refractivity contribution in [3.63, 3.8) is 0 Å². The number of amides is 2. The SMILES string of the molecule is COc1ccc(NC(=O)C(=O)NCC#N)cc1. The molecule has 0 fully saturated rings. The van der Waals surface area contributed by atoms with Crippen molar-refractivity contribution in [1.82, 2.24) is 5.32 Å². The first-order valence-electron chi connectivity index (χ1n) is 4.77. The number of anilines is 1. The van der Waals surface area contributed by atoms with Gasteiger partial charge in [-0.25, -0.2) is 0 Å². The summed E-state index contributed by atoms with van der Waals surface area (Å²) in [5, 5.41) is 12.8. The predicted octanol–water partition coefficient (Wildman–Crippen LogP) is 0.273. The van der Waals surface area contributed by atoms with E-state index in [2.05, 4.69) is 10.6 Å². The molecule has 0 radical (unpaired) electrons. The summed E-state index contributed by atoms with van der Waals surface area (Å²) in [5.41, 5.74) is 0.475. The lowest BCUT2D eigenvalue weighted by Crippen LogP contribution is -2.35. The summed E-state index contributed by atoms with van der Waals surface area (Å²) in [4.78, 5) is 22.4. The van der Waals surface area contributed by atoms with Gasteiger partial charge in [-0.15, -0.1) is 0 Å². The monoisotopic (exact) mass is 233 g/mol. The Hall–Kier alpha value is -2.55. The van der Waals surface area contributed by atoms with Gasteiger partial charge < -0.3 is 15.4 Å². The van der Waals surface area contributed by atoms with Crippen LogP contribution in [0.25, 0.3) is 0 Å². The average molecular weight is 233 g/mol. The maximum atomic E-state index is 11.3. The molecule has 0 heterocycles. The molecule has 1 rings (SSSR count). The Bertz CT molecular complexity index is 448. The number of rotatable bonds is 3. The number of methoxy groups -OCH3 is 1. The number of nitriles is 1. The highest BCUT2D eigenvalue weighted by molar-refractivity contribution is 6.39. The van der Waals surface area contributed by atoms with Crippen molar-refractivity contribution in [3.05, 3.63) is 24.3 Å². The predicted molar refractivity (Wildman–Crippen MR) is 60.2 cm³/mol. The zero-order chi connectivity index (χ0) is 12.7. The number of benzene rings is 1. The summed E-state index contributed by atoms with van der Waals surface area (Å²) in [6.07, 6.45) is 0. The molecular weight excluding hydrogens is 222 g/mol. The number of hydrogen-bond donors (Lipinski definition) is 2. The Morgan fingerprint density at radius 2 is 1.94 bits per heavy atom. The molecule has 0 saturated heterocycles. The Kier molecular flexibility index (Phi) is 4.51. The Balaban J connectivity index is 2.56. The minimum absolute atomic E-state index is 0.200. The Labute approximate surface area is 98.2 Å². The van der Waals surface area contributed by atoms with Crippen LogP contribution in [0.15, 0.2) is 24.3 Å². The van der Waals surface area contributed by atoms with Crippen molar-refractivity contribution in [1.29, 1.82) is 5.26 Å². The number of ether oxygens (including phenoxy) is 1. The van der Waals surface area contributed by atoms with E-state index in [1.165, 1.54) is 7.11 Å². The molecule has 2 amide bonds. The fourth-order valence-electron chi connectivity index (χ4n) is 1.06. The molecule has 17 heavy (non-hydrogen) atoms. The minimum atomic E-state index is -0.845. The molecular formula is C11H11N3O3. The summed E-state index contributed by atoms with van der Waals surface area (Å²) in [7, 11) is 1.53. The summed E-state index contributed by atoms with van der Waals surface area (Å²) in [5.74, 6) is -1.01. The molecule has 1 aromatic carbocycles. The van der Waals surface area contributed by atoms with Crippen LogP contribution in [0.1, 0.15) is 0 Å². The second-order valence-electron chi connectivity index (χ2n) is 3.02. The van der Waals surface area contributed by atoms with E-state index >= 15 is 0 Å². The molecule has 1 aromatic rings. The molecule has 6 nitrogen and oxygen atoms in total. The molecule has 0 aliphatic heterocycles. The fourth-order valence-corrected chi connectivity index (χ4v) is 1.06. The summed E-state index contributed by atoms with van der Waals surface area (Å²) >= 11 is 0. The van der Waals surface area contributed by atoms with Gasteiger partial charge in [-0.3, -0.25) is 9.59 Å². The minimum Gasteiger partial charge on any atom is -0.497 e. The van der Waals surface area contributed by atoms with Crippen LogP contribution in [0.2, 0.25) is 0 Å². The number of carbonyl (C=O) groups is 2. The molecule has 0 atom stereocenters. The van der Waals surface area contributed by atoms with E-state index in [-0.39, 0.29) is 6.54 Å². The second kappa shape index (κ2) is 6.12. The van der Waals surface area contributed by atoms with Crippen LogP contribution >= 0.6 is 0 Å². The first-order chi connectivity index (χ1) is 8.17. The maximum absolute atomic E-state index is 11.3. The molecule has 0 bridgehead atoms. The van der Waals surface area contributed by atoms with Crippen molar-refractivity contribution in [2.75, 3.05) is 19.0 Å². The molecule has 0 aromatic heterocycles. The highest BCUT2D eigenvalue weighted by atomic mass is 16.5. The van der Waals surface area contributed by atoms with Crippen LogP contribution in [0.3, 0.4) is 0 Å². The van der Waals surface area contributed by atoms with Crippen LogP contribution in [-0.2, 0) is 9.59 Å². The number of hydrogen-bond acceptors (Lipinski definition) is 4. The third-order valence-electron chi connectivity index (χ3n) is 1.88. The van der Waals surface area contributed by atoms with Crippen LogP contribution < -0.4 is 15.4 Å². The quantitative estimate of drug-likeness (QED) is 0.579. The lowest BCUT2D eigenvalue weighted by molar-refractivity contribution is -0.136. The number of nitrogens with one attached hydrogen (secondary N) is 2. The van der Waals surface area contributed by atoms with Crippen molar-refractivity contribution in [3.8, 4) is 11.8 Å². The molecule has 6 heteroatoms. The van der Waals surface area contributed by atoms with Crippen LogP contribution in [0.5, 0.6) is 5.75 Å². The van der Waals surface area contributed by atoms with E-state index in [9.17, 15) is 9.59 Å². The van der Waals surface area contributed by atoms with E-state index in [1.807, 2.05) is 0 Å². The normalized spacial score (nSPS) is 8.94. The molecule has 88 valence electrons. The highest BCUT2D eigenvalue weighted by Gasteiger charge is 2.12. The van der Waals surface area contributed by atoms with Crippen molar-refractivity contribution >= 4 is 17.5 Å². The topological polar surface area (TPSA) is 91.2 Å². The third-order valence-corrected chi connectivity index (χ3v) is 1.88. The van der Waals surface area contributed by atoms with Gasteiger partial charge in [-0.1, -0.05) is 0 Å². The van der Waals surface area contributed by atoms with Gasteiger partial charge in [0.25, 0.3) is 0 Å². The molecule has 0 spiro atoms. The molecule has 0 unspecified atom stereocenters. The highest BCUT2D eigenvalue weighted by Crippen LogP contribution is 2.14. The van der Waals surface area contributed by atoms with E-state index in [1.54, 1.807) is 30.3 Å². The average Bonchev–Trinajstić information content (AvgIpc) is 2.36. The van der Waals surface area contributed by atoms with Gasteiger partial charge in [0, 0.05) is 5.69 Å². The first kappa shape index (κ1) is 12.5. The van der Waals surface area contributed by atoms with Gasteiger partial charge in [0.05, 0.1) is 13.2 Å². The van der Waals surface area contributed by atoms with Crippen LogP contribution in [0, 0.1) is 11.3 Å². The Morgan fingerprint density at radius 3 is 2.47 bits per heavy atom. The van der Waals surface area contributed by atoms with E-state index < -0.39 is 11.8 Å². The third kappa shape index (κ3) is 3.83. The van der Waals surface area contributed by atoms with E-state index in [4.69, 9.17) is 10.00 Å². The molecule has 0 aliphatic rings. The smallest absolute Gasteiger partial charge is 0.313 e. The zero-order valence-electron chi connectivity index (χ0n) is 9.19. The van der Waals surface area contributed by atoms with Gasteiger partial charge >= 0.3 is 11.8 Å². The largest absolute Gasteiger partial charge is 0.497 e. The summed E-state index contributed by atoms with van der Waals surface area (Å²) < 4.78 is 4.95. The van der Waals surface area contributed by atoms with Crippen LogP contribution in [-0.4, -0.2) is 25.5 Å². The zero-order valence-corrected chi connectivity index (χ0v) is 9.19. The van der Waals surface area contributed by atoms with Gasteiger partial charge in [-0.05, 0) is 24.3 Å². The molecule has 2 N–H and O–H groups in total. The van der Waals surface area contributed by atoms with Gasteiger partial charge in [-0.2, -0.15) is 5.26 Å². The molecule has 0 aliphatic carbocycles. The van der Waals surface area contributed by atoms with E-state index in [0.717, 1.165) is 0 Å². The second-order valence-corrected chi connectivity index (χ2v) is 3.02. The maximum Gasteiger partial charge on any atom is 0.313 e. The first-order valence-corrected chi connectivity index (χ1v) is 4.77. The lowest BCUT2D eigenvalue weighted by Gasteiger charge is -2.05. The standard InChI is InChI=1S/C11H11N3O3/c1-17-9-4-2-8(3-5-9)14-11(16)10(15)13-7-6-12/h2-5H,7H2,1H3,(H,13,15)(H,14,16). The van der Waals surface area contributed by atoms with Gasteiger partial charge in [0.15, 0.2) is 0 Å². The fraction of sp³-hybridized carbons (Fsp3) is 0.182. The summed E-state index contributed by atoms with van der Waals surface area (Å²) in [6, 6.07) is 8.23. The van der Waals surface area contributed by atoms with Gasteiger partial charge in [0.2, 0.25) is 0 Å². The molecule has 0 saturated carbocycles. The van der Waals surface area contributed by atoms with Gasteiger partial charge in [0.1, 0.15) is 12.3 Å². The van der Waals surface area contributed by atoms with E-state index in [0.29, 0.717) is 11.4 Å². The van der Waals surface area contributed by atoms with Crippen molar-refractivity contribution in [2.45, 2.75) is 0 Å². The van der Waals surface area contributed by atoms with Crippen molar-refractivity contribution < 1.29 is 14.3 Å². The Morgan fingerprint density at radius 1 is 1.29 bits per heavy atom.